The molecular weight excluding hydrogens is 424 g/mol. The monoisotopic (exact) mass is 444 g/mol. The number of amides is 1. The Kier molecular flexibility index (Phi) is 6.37. The van der Waals surface area contributed by atoms with E-state index >= 15 is 0 Å². The van der Waals surface area contributed by atoms with Gasteiger partial charge in [0.2, 0.25) is 0 Å². The van der Waals surface area contributed by atoms with Gasteiger partial charge >= 0.3 is 5.97 Å². The van der Waals surface area contributed by atoms with Crippen LogP contribution in [0.25, 0.3) is 6.08 Å². The Morgan fingerprint density at radius 2 is 1.88 bits per heavy atom. The van der Waals surface area contributed by atoms with Crippen LogP contribution in [-0.2, 0) is 11.4 Å². The molecule has 0 saturated carbocycles. The maximum absolute atomic E-state index is 12.4. The Bertz CT molecular complexity index is 1230. The van der Waals surface area contributed by atoms with Gasteiger partial charge in [0.25, 0.3) is 5.91 Å². The summed E-state index contributed by atoms with van der Waals surface area (Å²) in [7, 11) is 0. The van der Waals surface area contributed by atoms with E-state index in [-0.39, 0.29) is 17.2 Å². The number of hydrogen-bond acceptors (Lipinski definition) is 5. The van der Waals surface area contributed by atoms with Gasteiger partial charge in [0.1, 0.15) is 12.4 Å². The van der Waals surface area contributed by atoms with Gasteiger partial charge in [0.15, 0.2) is 5.17 Å². The van der Waals surface area contributed by atoms with Gasteiger partial charge < -0.3 is 15.2 Å². The zero-order valence-electron chi connectivity index (χ0n) is 17.2. The molecular formula is C25H20N2O4S. The zero-order valence-corrected chi connectivity index (χ0v) is 18.1. The Morgan fingerprint density at radius 3 is 2.66 bits per heavy atom. The standard InChI is InChI=1S/C25H20N2O4S/c1-16-9-11-17(12-10-16)15-31-19-6-4-5-18(13-19)14-22-23(28)27-25(32-22)26-21-8-3-2-7-20(21)24(29)30/h2-14H,15H2,1H3,(H,29,30)(H,26,27,28). The van der Waals surface area contributed by atoms with Crippen molar-refractivity contribution in [3.8, 4) is 5.75 Å². The molecule has 0 bridgehead atoms. The number of carboxylic acids is 1. The van der Waals surface area contributed by atoms with E-state index in [4.69, 9.17) is 4.74 Å². The molecule has 7 heteroatoms. The maximum atomic E-state index is 12.4. The molecule has 32 heavy (non-hydrogen) atoms. The molecule has 1 aliphatic rings. The topological polar surface area (TPSA) is 88.0 Å². The van der Waals surface area contributed by atoms with Crippen LogP contribution in [0, 0.1) is 6.92 Å². The third kappa shape index (κ3) is 5.25. The van der Waals surface area contributed by atoms with Crippen LogP contribution < -0.4 is 10.1 Å². The van der Waals surface area contributed by atoms with Gasteiger partial charge in [-0.25, -0.2) is 9.79 Å². The van der Waals surface area contributed by atoms with Crippen molar-refractivity contribution in [2.75, 3.05) is 0 Å². The predicted octanol–water partition coefficient (Wildman–Crippen LogP) is 5.16. The minimum absolute atomic E-state index is 0.0747. The normalized spacial score (nSPS) is 15.7. The number of aryl methyl sites for hydroxylation is 1. The molecule has 1 saturated heterocycles. The molecule has 1 fully saturated rings. The Labute approximate surface area is 189 Å². The van der Waals surface area contributed by atoms with Crippen LogP contribution in [0.2, 0.25) is 0 Å². The van der Waals surface area contributed by atoms with Crippen molar-refractivity contribution >= 4 is 40.6 Å². The molecule has 0 atom stereocenters. The summed E-state index contributed by atoms with van der Waals surface area (Å²) in [6, 6.07) is 22.0. The highest BCUT2D eigenvalue weighted by Gasteiger charge is 2.24. The SMILES string of the molecule is Cc1ccc(COc2cccc(C=C3SC(=Nc4ccccc4C(=O)O)NC3=O)c2)cc1. The van der Waals surface area contributed by atoms with Crippen molar-refractivity contribution < 1.29 is 19.4 Å². The average Bonchev–Trinajstić information content (AvgIpc) is 3.12. The number of thioether (sulfide) groups is 1. The van der Waals surface area contributed by atoms with Gasteiger partial charge in [-0.05, 0) is 60.2 Å². The number of carbonyl (C=O) groups is 2. The number of ether oxygens (including phenoxy) is 1. The molecule has 3 aromatic carbocycles. The van der Waals surface area contributed by atoms with Gasteiger partial charge in [-0.15, -0.1) is 0 Å². The van der Waals surface area contributed by atoms with Gasteiger partial charge in [-0.2, -0.15) is 0 Å². The number of benzene rings is 3. The Morgan fingerprint density at radius 1 is 1.09 bits per heavy atom. The highest BCUT2D eigenvalue weighted by Crippen LogP contribution is 2.30. The first-order chi connectivity index (χ1) is 15.5. The van der Waals surface area contributed by atoms with Crippen molar-refractivity contribution in [2.45, 2.75) is 13.5 Å². The van der Waals surface area contributed by atoms with Gasteiger partial charge in [-0.1, -0.05) is 54.1 Å². The van der Waals surface area contributed by atoms with Crippen LogP contribution in [-0.4, -0.2) is 22.2 Å². The summed E-state index contributed by atoms with van der Waals surface area (Å²) >= 11 is 1.16. The van der Waals surface area contributed by atoms with Crippen LogP contribution in [0.1, 0.15) is 27.0 Å². The fraction of sp³-hybridized carbons (Fsp3) is 0.0800. The Balaban J connectivity index is 1.48. The summed E-state index contributed by atoms with van der Waals surface area (Å²) in [6.45, 7) is 2.50. The van der Waals surface area contributed by atoms with Crippen molar-refractivity contribution in [3.63, 3.8) is 0 Å². The number of nitrogens with zero attached hydrogens (tertiary/aromatic N) is 1. The quantitative estimate of drug-likeness (QED) is 0.513. The molecule has 2 N–H and O–H groups in total. The van der Waals surface area contributed by atoms with E-state index in [1.165, 1.54) is 11.6 Å². The van der Waals surface area contributed by atoms with E-state index in [9.17, 15) is 14.7 Å². The summed E-state index contributed by atoms with van der Waals surface area (Å²) in [5.74, 6) is -0.655. The van der Waals surface area contributed by atoms with E-state index in [0.29, 0.717) is 22.4 Å². The first-order valence-corrected chi connectivity index (χ1v) is 10.7. The highest BCUT2D eigenvalue weighted by molar-refractivity contribution is 8.18. The minimum Gasteiger partial charge on any atom is -0.489 e. The highest BCUT2D eigenvalue weighted by atomic mass is 32.2. The number of carbonyl (C=O) groups excluding carboxylic acids is 1. The number of rotatable bonds is 6. The molecule has 1 heterocycles. The lowest BCUT2D eigenvalue weighted by Crippen LogP contribution is -2.19. The summed E-state index contributed by atoms with van der Waals surface area (Å²) < 4.78 is 5.88. The molecule has 160 valence electrons. The smallest absolute Gasteiger partial charge is 0.337 e. The average molecular weight is 445 g/mol. The molecule has 1 aliphatic heterocycles. The summed E-state index contributed by atoms with van der Waals surface area (Å²) in [5.41, 5.74) is 3.45. The van der Waals surface area contributed by atoms with Crippen LogP contribution in [0.3, 0.4) is 0 Å². The van der Waals surface area contributed by atoms with Crippen molar-refractivity contribution in [3.05, 3.63) is 100.0 Å². The van der Waals surface area contributed by atoms with Crippen molar-refractivity contribution in [1.82, 2.24) is 5.32 Å². The third-order valence-electron chi connectivity index (χ3n) is 4.69. The zero-order chi connectivity index (χ0) is 22.5. The number of aromatic carboxylic acids is 1. The number of aliphatic imine (C=N–C) groups is 1. The number of hydrogen-bond donors (Lipinski definition) is 2. The van der Waals surface area contributed by atoms with E-state index in [1.54, 1.807) is 24.3 Å². The van der Waals surface area contributed by atoms with Gasteiger partial charge in [0.05, 0.1) is 16.2 Å². The number of carboxylic acid groups (broad SMARTS) is 1. The number of nitrogens with one attached hydrogen (secondary N) is 1. The summed E-state index contributed by atoms with van der Waals surface area (Å²) in [5, 5.41) is 12.3. The summed E-state index contributed by atoms with van der Waals surface area (Å²) in [6.07, 6.45) is 1.75. The lowest BCUT2D eigenvalue weighted by Gasteiger charge is -2.07. The van der Waals surface area contributed by atoms with E-state index in [2.05, 4.69) is 10.3 Å². The lowest BCUT2D eigenvalue weighted by atomic mass is 10.1. The number of amidine groups is 1. The van der Waals surface area contributed by atoms with Gasteiger partial charge in [-0.3, -0.25) is 4.79 Å². The molecule has 0 aromatic heterocycles. The van der Waals surface area contributed by atoms with Crippen LogP contribution in [0.5, 0.6) is 5.75 Å². The van der Waals surface area contributed by atoms with Crippen molar-refractivity contribution in [2.24, 2.45) is 4.99 Å². The van der Waals surface area contributed by atoms with Crippen LogP contribution >= 0.6 is 11.8 Å². The van der Waals surface area contributed by atoms with Crippen molar-refractivity contribution in [1.29, 1.82) is 0 Å². The largest absolute Gasteiger partial charge is 0.489 e. The molecule has 0 aliphatic carbocycles. The first-order valence-electron chi connectivity index (χ1n) is 9.88. The fourth-order valence-electron chi connectivity index (χ4n) is 3.04. The van der Waals surface area contributed by atoms with Crippen LogP contribution in [0.15, 0.2) is 82.7 Å². The lowest BCUT2D eigenvalue weighted by molar-refractivity contribution is -0.115. The molecule has 3 aromatic rings. The molecule has 6 nitrogen and oxygen atoms in total. The first kappa shape index (κ1) is 21.4. The molecule has 0 unspecified atom stereocenters. The van der Waals surface area contributed by atoms with Crippen LogP contribution in [0.4, 0.5) is 5.69 Å². The summed E-state index contributed by atoms with van der Waals surface area (Å²) in [4.78, 5) is 28.5. The molecule has 4 rings (SSSR count). The van der Waals surface area contributed by atoms with E-state index in [1.807, 2.05) is 55.5 Å². The second-order valence-corrected chi connectivity index (χ2v) is 8.18. The van der Waals surface area contributed by atoms with E-state index < -0.39 is 5.97 Å². The second-order valence-electron chi connectivity index (χ2n) is 7.15. The fourth-order valence-corrected chi connectivity index (χ4v) is 3.87. The van der Waals surface area contributed by atoms with Gasteiger partial charge in [0, 0.05) is 0 Å². The molecule has 0 spiro atoms. The minimum atomic E-state index is -1.07. The predicted molar refractivity (Wildman–Crippen MR) is 126 cm³/mol. The Hall–Kier alpha value is -3.84. The third-order valence-corrected chi connectivity index (χ3v) is 5.60. The molecule has 0 radical (unpaired) electrons. The second kappa shape index (κ2) is 9.53. The number of para-hydroxylation sites is 1. The molecule has 1 amide bonds. The maximum Gasteiger partial charge on any atom is 0.337 e. The van der Waals surface area contributed by atoms with E-state index in [0.717, 1.165) is 22.9 Å².